The number of hydrogen-bond acceptors (Lipinski definition) is 7. The molecule has 3 heterocycles. The van der Waals surface area contributed by atoms with Crippen molar-refractivity contribution in [2.24, 2.45) is 0 Å². The van der Waals surface area contributed by atoms with E-state index in [0.29, 0.717) is 5.69 Å². The molecular formula is C15H16N4O6S. The summed E-state index contributed by atoms with van der Waals surface area (Å²) in [5.41, 5.74) is 0.437. The number of carboxylic acids is 1. The number of nitrogens with zero attached hydrogens (tertiary/aromatic N) is 4. The summed E-state index contributed by atoms with van der Waals surface area (Å²) in [4.78, 5) is 28.5. The Labute approximate surface area is 149 Å². The zero-order chi connectivity index (χ0) is 18.7. The molecule has 0 bridgehead atoms. The van der Waals surface area contributed by atoms with Gasteiger partial charge in [-0.2, -0.15) is 4.31 Å². The molecule has 0 saturated carbocycles. The Bertz CT molecular complexity index is 887. The van der Waals surface area contributed by atoms with Crippen LogP contribution in [0.2, 0.25) is 0 Å². The van der Waals surface area contributed by atoms with Crippen LogP contribution in [-0.2, 0) is 15.8 Å². The molecule has 138 valence electrons. The summed E-state index contributed by atoms with van der Waals surface area (Å²) in [7, 11) is -3.54. The van der Waals surface area contributed by atoms with Crippen LogP contribution in [0.3, 0.4) is 0 Å². The maximum atomic E-state index is 12.4. The fourth-order valence-corrected chi connectivity index (χ4v) is 4.01. The summed E-state index contributed by atoms with van der Waals surface area (Å²) >= 11 is 0. The molecule has 26 heavy (non-hydrogen) atoms. The third-order valence-electron chi connectivity index (χ3n) is 3.97. The van der Waals surface area contributed by atoms with Crippen molar-refractivity contribution < 1.29 is 27.6 Å². The van der Waals surface area contributed by atoms with Gasteiger partial charge < -0.3 is 14.5 Å². The SMILES string of the molecule is O=C(O)c1ccc(C(=O)N2CCN(S(=O)(=O)Cc3ccon3)CC2)cn1. The first-order valence-electron chi connectivity index (χ1n) is 7.72. The summed E-state index contributed by atoms with van der Waals surface area (Å²) in [5, 5.41) is 12.4. The van der Waals surface area contributed by atoms with Gasteiger partial charge in [-0.25, -0.2) is 18.2 Å². The van der Waals surface area contributed by atoms with Gasteiger partial charge in [-0.3, -0.25) is 4.79 Å². The van der Waals surface area contributed by atoms with Gasteiger partial charge >= 0.3 is 5.97 Å². The maximum Gasteiger partial charge on any atom is 0.354 e. The van der Waals surface area contributed by atoms with Gasteiger partial charge in [0.1, 0.15) is 17.7 Å². The first-order valence-corrected chi connectivity index (χ1v) is 9.33. The zero-order valence-electron chi connectivity index (χ0n) is 13.6. The van der Waals surface area contributed by atoms with Crippen LogP contribution in [0.1, 0.15) is 26.5 Å². The lowest BCUT2D eigenvalue weighted by Crippen LogP contribution is -2.50. The van der Waals surface area contributed by atoms with E-state index in [9.17, 15) is 18.0 Å². The molecule has 2 aromatic heterocycles. The molecule has 1 amide bonds. The van der Waals surface area contributed by atoms with E-state index in [1.54, 1.807) is 0 Å². The van der Waals surface area contributed by atoms with Crippen molar-refractivity contribution in [3.8, 4) is 0 Å². The van der Waals surface area contributed by atoms with E-state index >= 15 is 0 Å². The minimum Gasteiger partial charge on any atom is -0.477 e. The van der Waals surface area contributed by atoms with Crippen molar-refractivity contribution in [2.75, 3.05) is 26.2 Å². The van der Waals surface area contributed by atoms with Crippen molar-refractivity contribution in [2.45, 2.75) is 5.75 Å². The van der Waals surface area contributed by atoms with Gasteiger partial charge in [0.2, 0.25) is 10.0 Å². The second-order valence-electron chi connectivity index (χ2n) is 5.68. The molecule has 2 aromatic rings. The third-order valence-corrected chi connectivity index (χ3v) is 5.78. The second-order valence-corrected chi connectivity index (χ2v) is 7.64. The number of hydrogen-bond donors (Lipinski definition) is 1. The molecule has 0 aliphatic carbocycles. The highest BCUT2D eigenvalue weighted by Crippen LogP contribution is 2.14. The van der Waals surface area contributed by atoms with Gasteiger partial charge in [0.15, 0.2) is 0 Å². The van der Waals surface area contributed by atoms with E-state index in [-0.39, 0.29) is 49.1 Å². The molecular weight excluding hydrogens is 364 g/mol. The monoisotopic (exact) mass is 380 g/mol. The molecule has 1 saturated heterocycles. The first kappa shape index (κ1) is 18.0. The van der Waals surface area contributed by atoms with Crippen LogP contribution in [-0.4, -0.2) is 70.9 Å². The summed E-state index contributed by atoms with van der Waals surface area (Å²) in [6.45, 7) is 0.814. The Morgan fingerprint density at radius 1 is 1.15 bits per heavy atom. The van der Waals surface area contributed by atoms with Gasteiger partial charge in [0, 0.05) is 38.4 Å². The maximum absolute atomic E-state index is 12.4. The topological polar surface area (TPSA) is 134 Å². The predicted octanol–water partition coefficient (Wildman–Crippen LogP) is 0.0556. The van der Waals surface area contributed by atoms with E-state index < -0.39 is 16.0 Å². The fourth-order valence-electron chi connectivity index (χ4n) is 2.59. The minimum absolute atomic E-state index is 0.148. The lowest BCUT2D eigenvalue weighted by atomic mass is 10.2. The van der Waals surface area contributed by atoms with Crippen LogP contribution >= 0.6 is 0 Å². The molecule has 11 heteroatoms. The first-order chi connectivity index (χ1) is 12.4. The number of sulfonamides is 1. The highest BCUT2D eigenvalue weighted by atomic mass is 32.2. The van der Waals surface area contributed by atoms with Gasteiger partial charge in [0.25, 0.3) is 5.91 Å². The third kappa shape index (κ3) is 3.89. The Hall–Kier alpha value is -2.79. The highest BCUT2D eigenvalue weighted by Gasteiger charge is 2.30. The van der Waals surface area contributed by atoms with Crippen LogP contribution in [0.4, 0.5) is 0 Å². The number of amides is 1. The van der Waals surface area contributed by atoms with Gasteiger partial charge in [-0.15, -0.1) is 0 Å². The number of carboxylic acid groups (broad SMARTS) is 1. The smallest absolute Gasteiger partial charge is 0.354 e. The molecule has 0 aromatic carbocycles. The van der Waals surface area contributed by atoms with Gasteiger partial charge in [-0.05, 0) is 12.1 Å². The van der Waals surface area contributed by atoms with E-state index in [0.717, 1.165) is 0 Å². The normalized spacial score (nSPS) is 15.8. The molecule has 1 fully saturated rings. The number of carbonyl (C=O) groups excluding carboxylic acids is 1. The Balaban J connectivity index is 1.60. The Morgan fingerprint density at radius 2 is 1.88 bits per heavy atom. The van der Waals surface area contributed by atoms with E-state index in [4.69, 9.17) is 5.11 Å². The number of pyridine rings is 1. The van der Waals surface area contributed by atoms with Crippen LogP contribution in [0.5, 0.6) is 0 Å². The fraction of sp³-hybridized carbons (Fsp3) is 0.333. The minimum atomic E-state index is -3.54. The average molecular weight is 380 g/mol. The second kappa shape index (κ2) is 7.22. The lowest BCUT2D eigenvalue weighted by molar-refractivity contribution is 0.0679. The quantitative estimate of drug-likeness (QED) is 0.769. The number of rotatable bonds is 5. The number of piperazine rings is 1. The summed E-state index contributed by atoms with van der Waals surface area (Å²) in [5.74, 6) is -1.74. The van der Waals surface area contributed by atoms with Crippen molar-refractivity contribution in [3.63, 3.8) is 0 Å². The number of aromatic nitrogens is 2. The molecule has 3 rings (SSSR count). The van der Waals surface area contributed by atoms with Gasteiger partial charge in [-0.1, -0.05) is 5.16 Å². The van der Waals surface area contributed by atoms with Crippen molar-refractivity contribution in [1.29, 1.82) is 0 Å². The van der Waals surface area contributed by atoms with Crippen LogP contribution in [0.15, 0.2) is 35.2 Å². The van der Waals surface area contributed by atoms with Crippen LogP contribution in [0, 0.1) is 0 Å². The molecule has 10 nitrogen and oxygen atoms in total. The lowest BCUT2D eigenvalue weighted by Gasteiger charge is -2.33. The van der Waals surface area contributed by atoms with Crippen molar-refractivity contribution in [1.82, 2.24) is 19.3 Å². The Morgan fingerprint density at radius 3 is 2.42 bits per heavy atom. The number of aromatic carboxylic acids is 1. The van der Waals surface area contributed by atoms with E-state index in [1.807, 2.05) is 0 Å². The highest BCUT2D eigenvalue weighted by molar-refractivity contribution is 7.88. The zero-order valence-corrected chi connectivity index (χ0v) is 14.4. The van der Waals surface area contributed by atoms with Crippen LogP contribution < -0.4 is 0 Å². The molecule has 0 radical (unpaired) electrons. The van der Waals surface area contributed by atoms with Gasteiger partial charge in [0.05, 0.1) is 11.3 Å². The average Bonchev–Trinajstić information content (AvgIpc) is 3.13. The van der Waals surface area contributed by atoms with Crippen LogP contribution in [0.25, 0.3) is 0 Å². The summed E-state index contributed by atoms with van der Waals surface area (Å²) in [6, 6.07) is 4.14. The van der Waals surface area contributed by atoms with E-state index in [2.05, 4.69) is 14.7 Å². The molecule has 1 aliphatic heterocycles. The number of carbonyl (C=O) groups is 2. The largest absolute Gasteiger partial charge is 0.477 e. The standard InChI is InChI=1S/C15H16N4O6S/c20-14(11-1-2-13(15(21)22)16-9-11)18-4-6-19(7-5-18)26(23,24)10-12-3-8-25-17-12/h1-3,8-9H,4-7,10H2,(H,21,22). The summed E-state index contributed by atoms with van der Waals surface area (Å²) in [6.07, 6.45) is 2.52. The summed E-state index contributed by atoms with van der Waals surface area (Å²) < 4.78 is 30.7. The molecule has 1 aliphatic rings. The predicted molar refractivity (Wildman–Crippen MR) is 87.8 cm³/mol. The van der Waals surface area contributed by atoms with Crippen molar-refractivity contribution in [3.05, 3.63) is 47.6 Å². The van der Waals surface area contributed by atoms with E-state index in [1.165, 1.54) is 39.9 Å². The molecule has 0 atom stereocenters. The molecule has 0 unspecified atom stereocenters. The van der Waals surface area contributed by atoms with Crippen molar-refractivity contribution >= 4 is 21.9 Å². The molecule has 1 N–H and O–H groups in total. The Kier molecular flexibility index (Phi) is 5.00. The molecule has 0 spiro atoms.